The SMILES string of the molecule is C[C@@H](Oc1cccc2ccccc12)C(=O)Nc1c(F)cccc1F. The van der Waals surface area contributed by atoms with Crippen molar-refractivity contribution < 1.29 is 18.3 Å². The highest BCUT2D eigenvalue weighted by Gasteiger charge is 2.19. The zero-order valence-electron chi connectivity index (χ0n) is 12.9. The Morgan fingerprint density at radius 1 is 0.958 bits per heavy atom. The van der Waals surface area contributed by atoms with E-state index in [0.29, 0.717) is 5.75 Å². The maximum atomic E-state index is 13.6. The molecule has 0 aromatic heterocycles. The Hall–Kier alpha value is -2.95. The van der Waals surface area contributed by atoms with Crippen LogP contribution >= 0.6 is 0 Å². The Morgan fingerprint density at radius 2 is 1.58 bits per heavy atom. The van der Waals surface area contributed by atoms with E-state index in [9.17, 15) is 13.6 Å². The quantitative estimate of drug-likeness (QED) is 0.765. The molecule has 0 radical (unpaired) electrons. The van der Waals surface area contributed by atoms with E-state index in [4.69, 9.17) is 4.74 Å². The summed E-state index contributed by atoms with van der Waals surface area (Å²) in [5, 5.41) is 4.07. The number of para-hydroxylation sites is 1. The highest BCUT2D eigenvalue weighted by Crippen LogP contribution is 2.26. The minimum atomic E-state index is -0.921. The third-order valence-electron chi connectivity index (χ3n) is 3.63. The predicted molar refractivity (Wildman–Crippen MR) is 89.0 cm³/mol. The molecule has 1 atom stereocenters. The molecule has 3 aromatic carbocycles. The lowest BCUT2D eigenvalue weighted by Gasteiger charge is -2.16. The van der Waals surface area contributed by atoms with Gasteiger partial charge in [-0.15, -0.1) is 0 Å². The summed E-state index contributed by atoms with van der Waals surface area (Å²) in [6.45, 7) is 1.52. The number of halogens is 2. The van der Waals surface area contributed by atoms with Crippen LogP contribution in [0.5, 0.6) is 5.75 Å². The molecule has 0 unspecified atom stereocenters. The molecule has 0 aliphatic rings. The number of nitrogens with one attached hydrogen (secondary N) is 1. The van der Waals surface area contributed by atoms with Gasteiger partial charge in [0.1, 0.15) is 23.1 Å². The van der Waals surface area contributed by atoms with Crippen molar-refractivity contribution in [3.63, 3.8) is 0 Å². The maximum Gasteiger partial charge on any atom is 0.265 e. The summed E-state index contributed by atoms with van der Waals surface area (Å²) in [5.74, 6) is -1.77. The number of carbonyl (C=O) groups excluding carboxylic acids is 1. The van der Waals surface area contributed by atoms with Crippen LogP contribution in [0.4, 0.5) is 14.5 Å². The highest BCUT2D eigenvalue weighted by atomic mass is 19.1. The van der Waals surface area contributed by atoms with Gasteiger partial charge in [-0.2, -0.15) is 0 Å². The van der Waals surface area contributed by atoms with Gasteiger partial charge in [-0.1, -0.05) is 42.5 Å². The summed E-state index contributed by atoms with van der Waals surface area (Å²) in [7, 11) is 0. The average molecular weight is 327 g/mol. The fourth-order valence-electron chi connectivity index (χ4n) is 2.38. The van der Waals surface area contributed by atoms with E-state index < -0.39 is 29.3 Å². The van der Waals surface area contributed by atoms with Gasteiger partial charge >= 0.3 is 0 Å². The van der Waals surface area contributed by atoms with Crippen LogP contribution in [0.15, 0.2) is 60.7 Å². The van der Waals surface area contributed by atoms with Crippen LogP contribution in [0.25, 0.3) is 10.8 Å². The van der Waals surface area contributed by atoms with Crippen molar-refractivity contribution in [3.05, 3.63) is 72.3 Å². The smallest absolute Gasteiger partial charge is 0.265 e. The summed E-state index contributed by atoms with van der Waals surface area (Å²) in [6.07, 6.45) is -0.921. The molecule has 3 nitrogen and oxygen atoms in total. The summed E-state index contributed by atoms with van der Waals surface area (Å²) in [5.41, 5.74) is -0.476. The number of rotatable bonds is 4. The number of fused-ring (bicyclic) bond motifs is 1. The fraction of sp³-hybridized carbons (Fsp3) is 0.105. The van der Waals surface area contributed by atoms with Crippen LogP contribution in [0, 0.1) is 11.6 Å². The Labute approximate surface area is 137 Å². The van der Waals surface area contributed by atoms with Crippen LogP contribution in [-0.2, 0) is 4.79 Å². The van der Waals surface area contributed by atoms with Gasteiger partial charge in [-0.05, 0) is 30.5 Å². The lowest BCUT2D eigenvalue weighted by Crippen LogP contribution is -2.30. The van der Waals surface area contributed by atoms with Crippen molar-refractivity contribution in [2.45, 2.75) is 13.0 Å². The molecule has 5 heteroatoms. The predicted octanol–water partition coefficient (Wildman–Crippen LogP) is 4.52. The van der Waals surface area contributed by atoms with Crippen LogP contribution in [0.2, 0.25) is 0 Å². The first kappa shape index (κ1) is 15.9. The van der Waals surface area contributed by atoms with E-state index in [1.807, 2.05) is 36.4 Å². The molecule has 1 N–H and O–H groups in total. The molecule has 24 heavy (non-hydrogen) atoms. The average Bonchev–Trinajstić information content (AvgIpc) is 2.58. The molecule has 0 bridgehead atoms. The Kier molecular flexibility index (Phi) is 4.42. The van der Waals surface area contributed by atoms with Gasteiger partial charge in [-0.25, -0.2) is 8.78 Å². The first-order chi connectivity index (χ1) is 11.6. The molecule has 0 spiro atoms. The number of ether oxygens (including phenoxy) is 1. The van der Waals surface area contributed by atoms with Gasteiger partial charge in [0, 0.05) is 5.39 Å². The van der Waals surface area contributed by atoms with Gasteiger partial charge in [0.15, 0.2) is 6.10 Å². The topological polar surface area (TPSA) is 38.3 Å². The first-order valence-electron chi connectivity index (χ1n) is 7.45. The van der Waals surface area contributed by atoms with Gasteiger partial charge < -0.3 is 10.1 Å². The maximum absolute atomic E-state index is 13.6. The number of anilines is 1. The molecular formula is C19H15F2NO2. The van der Waals surface area contributed by atoms with Crippen LogP contribution in [0.1, 0.15) is 6.92 Å². The van der Waals surface area contributed by atoms with E-state index in [-0.39, 0.29) is 0 Å². The zero-order valence-corrected chi connectivity index (χ0v) is 12.9. The summed E-state index contributed by atoms with van der Waals surface area (Å²) in [6, 6.07) is 16.5. The summed E-state index contributed by atoms with van der Waals surface area (Å²) in [4.78, 5) is 12.2. The van der Waals surface area contributed by atoms with Crippen LogP contribution in [0.3, 0.4) is 0 Å². The highest BCUT2D eigenvalue weighted by molar-refractivity contribution is 5.95. The van der Waals surface area contributed by atoms with E-state index in [0.717, 1.165) is 22.9 Å². The second-order valence-corrected chi connectivity index (χ2v) is 5.32. The molecule has 3 aromatic rings. The minimum absolute atomic E-state index is 0.476. The van der Waals surface area contributed by atoms with Crippen molar-refractivity contribution in [3.8, 4) is 5.75 Å². The third-order valence-corrected chi connectivity index (χ3v) is 3.63. The fourth-order valence-corrected chi connectivity index (χ4v) is 2.38. The van der Waals surface area contributed by atoms with Gasteiger partial charge in [0.2, 0.25) is 0 Å². The lowest BCUT2D eigenvalue weighted by atomic mass is 10.1. The van der Waals surface area contributed by atoms with Gasteiger partial charge in [0.05, 0.1) is 0 Å². The number of benzene rings is 3. The zero-order chi connectivity index (χ0) is 17.1. The Morgan fingerprint density at radius 3 is 2.33 bits per heavy atom. The second kappa shape index (κ2) is 6.66. The van der Waals surface area contributed by atoms with Gasteiger partial charge in [-0.3, -0.25) is 4.79 Å². The minimum Gasteiger partial charge on any atom is -0.480 e. The monoisotopic (exact) mass is 327 g/mol. The van der Waals surface area contributed by atoms with Crippen molar-refractivity contribution in [1.82, 2.24) is 0 Å². The van der Waals surface area contributed by atoms with Crippen molar-refractivity contribution in [2.24, 2.45) is 0 Å². The molecule has 0 fully saturated rings. The van der Waals surface area contributed by atoms with E-state index >= 15 is 0 Å². The molecule has 0 heterocycles. The Bertz CT molecular complexity index is 870. The standard InChI is InChI=1S/C19H15F2NO2/c1-12(19(23)22-18-15(20)9-5-10-16(18)21)24-17-11-4-7-13-6-2-3-8-14(13)17/h2-12H,1H3,(H,22,23)/t12-/m1/s1. The third kappa shape index (κ3) is 3.20. The largest absolute Gasteiger partial charge is 0.480 e. The van der Waals surface area contributed by atoms with Crippen molar-refractivity contribution in [1.29, 1.82) is 0 Å². The molecular weight excluding hydrogens is 312 g/mol. The number of hydrogen-bond donors (Lipinski definition) is 1. The molecule has 1 amide bonds. The first-order valence-corrected chi connectivity index (χ1v) is 7.45. The van der Waals surface area contributed by atoms with Crippen molar-refractivity contribution >= 4 is 22.4 Å². The Balaban J connectivity index is 1.79. The molecule has 0 aliphatic carbocycles. The molecule has 122 valence electrons. The van der Waals surface area contributed by atoms with Crippen LogP contribution in [-0.4, -0.2) is 12.0 Å². The van der Waals surface area contributed by atoms with Crippen LogP contribution < -0.4 is 10.1 Å². The van der Waals surface area contributed by atoms with E-state index in [2.05, 4.69) is 5.32 Å². The molecule has 3 rings (SSSR count). The lowest BCUT2D eigenvalue weighted by molar-refractivity contribution is -0.122. The molecule has 0 saturated carbocycles. The number of amides is 1. The molecule has 0 aliphatic heterocycles. The summed E-state index contributed by atoms with van der Waals surface area (Å²) >= 11 is 0. The second-order valence-electron chi connectivity index (χ2n) is 5.32. The van der Waals surface area contributed by atoms with Crippen molar-refractivity contribution in [2.75, 3.05) is 5.32 Å². The van der Waals surface area contributed by atoms with Gasteiger partial charge in [0.25, 0.3) is 5.91 Å². The van der Waals surface area contributed by atoms with E-state index in [1.54, 1.807) is 6.07 Å². The summed E-state index contributed by atoms with van der Waals surface area (Å²) < 4.78 is 32.9. The van der Waals surface area contributed by atoms with E-state index in [1.165, 1.54) is 13.0 Å². The number of carbonyl (C=O) groups is 1. The normalized spacial score (nSPS) is 12.0. The number of hydrogen-bond acceptors (Lipinski definition) is 2. The molecule has 0 saturated heterocycles.